The van der Waals surface area contributed by atoms with Crippen LogP contribution in [0.5, 0.6) is 5.75 Å². The first-order valence-corrected chi connectivity index (χ1v) is 12.4. The maximum atomic E-state index is 13.6. The van der Waals surface area contributed by atoms with Gasteiger partial charge in [-0.15, -0.1) is 0 Å². The zero-order chi connectivity index (χ0) is 24.9. The monoisotopic (exact) mass is 496 g/mol. The Kier molecular flexibility index (Phi) is 6.09. The van der Waals surface area contributed by atoms with Gasteiger partial charge in [0.05, 0.1) is 26.1 Å². The van der Waals surface area contributed by atoms with Crippen LogP contribution in [-0.2, 0) is 19.1 Å². The van der Waals surface area contributed by atoms with Crippen molar-refractivity contribution >= 4 is 29.4 Å². The average molecular weight is 497 g/mol. The summed E-state index contributed by atoms with van der Waals surface area (Å²) in [5.41, 5.74) is 1.48. The van der Waals surface area contributed by atoms with Gasteiger partial charge in [-0.3, -0.25) is 24.2 Å². The van der Waals surface area contributed by atoms with Gasteiger partial charge in [0.2, 0.25) is 11.8 Å². The van der Waals surface area contributed by atoms with Gasteiger partial charge in [0.1, 0.15) is 11.3 Å². The summed E-state index contributed by atoms with van der Waals surface area (Å²) in [7, 11) is 2.96. The molecule has 0 saturated carbocycles. The second-order valence-electron chi connectivity index (χ2n) is 9.41. The number of esters is 1. The number of halogens is 1. The van der Waals surface area contributed by atoms with Crippen LogP contribution in [0.4, 0.5) is 0 Å². The second-order valence-corrected chi connectivity index (χ2v) is 9.84. The lowest BCUT2D eigenvalue weighted by Gasteiger charge is -2.44. The molecule has 0 spiro atoms. The first kappa shape index (κ1) is 23.8. The predicted octanol–water partition coefficient (Wildman–Crippen LogP) is 4.09. The van der Waals surface area contributed by atoms with Crippen LogP contribution in [-0.4, -0.2) is 60.4 Å². The molecule has 0 N–H and O–H groups in total. The molecule has 3 heterocycles. The molecule has 0 aliphatic carbocycles. The molecule has 2 aromatic carbocycles. The van der Waals surface area contributed by atoms with Crippen molar-refractivity contribution in [3.05, 3.63) is 53.1 Å². The number of amides is 2. The van der Waals surface area contributed by atoms with E-state index in [1.165, 1.54) is 12.0 Å². The molecule has 2 aromatic rings. The number of nitrogens with zero attached hydrogens (tertiary/aromatic N) is 2. The van der Waals surface area contributed by atoms with Gasteiger partial charge in [-0.2, -0.15) is 0 Å². The number of carbonyl (C=O) groups is 3. The van der Waals surface area contributed by atoms with E-state index in [1.54, 1.807) is 14.0 Å². The summed E-state index contributed by atoms with van der Waals surface area (Å²) in [5, 5.41) is 0.623. The Morgan fingerprint density at radius 2 is 1.91 bits per heavy atom. The van der Waals surface area contributed by atoms with E-state index in [1.807, 2.05) is 42.5 Å². The average Bonchev–Trinajstić information content (AvgIpc) is 3.33. The van der Waals surface area contributed by atoms with E-state index in [4.69, 9.17) is 21.1 Å². The number of rotatable bonds is 5. The first-order valence-electron chi connectivity index (χ1n) is 12.0. The third-order valence-electron chi connectivity index (χ3n) is 7.91. The minimum absolute atomic E-state index is 0.219. The number of hydrogen-bond donors (Lipinski definition) is 0. The zero-order valence-corrected chi connectivity index (χ0v) is 20.9. The lowest BCUT2D eigenvalue weighted by molar-refractivity contribution is -0.164. The van der Waals surface area contributed by atoms with Gasteiger partial charge >= 0.3 is 5.97 Å². The summed E-state index contributed by atoms with van der Waals surface area (Å²) in [4.78, 5) is 43.8. The van der Waals surface area contributed by atoms with E-state index in [2.05, 4.69) is 4.90 Å². The molecule has 7 nitrogen and oxygen atoms in total. The van der Waals surface area contributed by atoms with Crippen LogP contribution in [0.15, 0.2) is 42.5 Å². The molecular formula is C27H29ClN2O5. The van der Waals surface area contributed by atoms with Gasteiger partial charge in [-0.25, -0.2) is 0 Å². The topological polar surface area (TPSA) is 76.2 Å². The van der Waals surface area contributed by atoms with Crippen LogP contribution in [0.25, 0.3) is 11.1 Å². The minimum atomic E-state index is -1.14. The number of imide groups is 1. The number of likely N-dealkylation sites (tertiary alicyclic amines) is 1. The number of piperidine rings is 1. The van der Waals surface area contributed by atoms with Gasteiger partial charge in [0, 0.05) is 23.2 Å². The van der Waals surface area contributed by atoms with E-state index in [9.17, 15) is 14.4 Å². The summed E-state index contributed by atoms with van der Waals surface area (Å²) < 4.78 is 11.0. The fraction of sp³-hybridized carbons (Fsp3) is 0.444. The van der Waals surface area contributed by atoms with Crippen LogP contribution in [0.3, 0.4) is 0 Å². The highest BCUT2D eigenvalue weighted by Gasteiger charge is 2.72. The molecule has 4 atom stereocenters. The summed E-state index contributed by atoms with van der Waals surface area (Å²) in [6, 6.07) is 12.9. The summed E-state index contributed by atoms with van der Waals surface area (Å²) >= 11 is 6.21. The lowest BCUT2D eigenvalue weighted by Crippen LogP contribution is -2.59. The maximum Gasteiger partial charge on any atom is 0.327 e. The molecule has 3 aliphatic heterocycles. The first-order chi connectivity index (χ1) is 16.9. The smallest absolute Gasteiger partial charge is 0.327 e. The Morgan fingerprint density at radius 1 is 1.11 bits per heavy atom. The molecule has 5 rings (SSSR count). The number of hydrogen-bond acceptors (Lipinski definition) is 6. The molecule has 3 fully saturated rings. The number of benzene rings is 2. The van der Waals surface area contributed by atoms with Crippen molar-refractivity contribution in [3.63, 3.8) is 0 Å². The van der Waals surface area contributed by atoms with E-state index in [0.29, 0.717) is 23.7 Å². The summed E-state index contributed by atoms with van der Waals surface area (Å²) in [6.07, 6.45) is 2.17. The third-order valence-corrected chi connectivity index (χ3v) is 8.15. The molecule has 0 radical (unpaired) electrons. The van der Waals surface area contributed by atoms with E-state index < -0.39 is 29.4 Å². The van der Waals surface area contributed by atoms with Crippen molar-refractivity contribution in [2.75, 3.05) is 27.3 Å². The summed E-state index contributed by atoms with van der Waals surface area (Å²) in [5.74, 6) is -1.70. The van der Waals surface area contributed by atoms with Crippen molar-refractivity contribution in [1.82, 2.24) is 9.80 Å². The van der Waals surface area contributed by atoms with E-state index in [-0.39, 0.29) is 18.4 Å². The molecule has 3 unspecified atom stereocenters. The zero-order valence-electron chi connectivity index (χ0n) is 20.1. The van der Waals surface area contributed by atoms with Crippen LogP contribution in [0.1, 0.15) is 37.8 Å². The maximum absolute atomic E-state index is 13.6. The number of fused-ring (bicyclic) bond motifs is 3. The molecule has 3 saturated heterocycles. The molecule has 2 amide bonds. The van der Waals surface area contributed by atoms with Crippen LogP contribution < -0.4 is 4.74 Å². The van der Waals surface area contributed by atoms with Crippen LogP contribution >= 0.6 is 11.6 Å². The quantitative estimate of drug-likeness (QED) is 0.458. The Balaban J connectivity index is 1.66. The minimum Gasteiger partial charge on any atom is -0.496 e. The predicted molar refractivity (Wildman–Crippen MR) is 131 cm³/mol. The Morgan fingerprint density at radius 3 is 2.60 bits per heavy atom. The molecule has 35 heavy (non-hydrogen) atoms. The van der Waals surface area contributed by atoms with Crippen molar-refractivity contribution in [2.45, 2.75) is 37.8 Å². The molecule has 0 aromatic heterocycles. The SMILES string of the molecule is CCN1C(=O)C2C(c3ccc(-c4cccc(Cl)c4)c(OC)c3)N3CCCC[C@@]3(C(=O)OC)C2C1=O. The van der Waals surface area contributed by atoms with Crippen LogP contribution in [0.2, 0.25) is 5.02 Å². The standard InChI is InChI=1S/C27H29ClN2O5/c1-4-29-24(31)21-22(25(29)32)27(26(33)35-3)12-5-6-13-30(27)23(21)17-10-11-19(20(15-17)34-2)16-8-7-9-18(28)14-16/h7-11,14-15,21-23H,4-6,12-13H2,1-3H3/t21?,22?,23?,27-/m0/s1. The Labute approximate surface area is 209 Å². The van der Waals surface area contributed by atoms with Crippen molar-refractivity contribution in [1.29, 1.82) is 0 Å². The molecule has 3 aliphatic rings. The van der Waals surface area contributed by atoms with Crippen LogP contribution in [0, 0.1) is 11.8 Å². The number of carbonyl (C=O) groups excluding carboxylic acids is 3. The van der Waals surface area contributed by atoms with Gasteiger partial charge < -0.3 is 9.47 Å². The highest BCUT2D eigenvalue weighted by molar-refractivity contribution is 6.30. The molecular weight excluding hydrogens is 468 g/mol. The lowest BCUT2D eigenvalue weighted by atomic mass is 9.75. The molecule has 184 valence electrons. The van der Waals surface area contributed by atoms with E-state index in [0.717, 1.165) is 29.5 Å². The van der Waals surface area contributed by atoms with Gasteiger partial charge in [0.25, 0.3) is 0 Å². The fourth-order valence-electron chi connectivity index (χ4n) is 6.51. The van der Waals surface area contributed by atoms with Gasteiger partial charge in [0.15, 0.2) is 0 Å². The van der Waals surface area contributed by atoms with Crippen molar-refractivity contribution in [3.8, 4) is 16.9 Å². The number of methoxy groups -OCH3 is 2. The van der Waals surface area contributed by atoms with Crippen molar-refractivity contribution < 1.29 is 23.9 Å². The fourth-order valence-corrected chi connectivity index (χ4v) is 6.70. The second kappa shape index (κ2) is 8.95. The van der Waals surface area contributed by atoms with Gasteiger partial charge in [-0.1, -0.05) is 35.9 Å². The molecule has 0 bridgehead atoms. The highest BCUT2D eigenvalue weighted by Crippen LogP contribution is 2.58. The third kappa shape index (κ3) is 3.39. The highest BCUT2D eigenvalue weighted by atomic mass is 35.5. The largest absolute Gasteiger partial charge is 0.496 e. The Bertz CT molecular complexity index is 1200. The summed E-state index contributed by atoms with van der Waals surface area (Å²) in [6.45, 7) is 2.68. The van der Waals surface area contributed by atoms with Gasteiger partial charge in [-0.05, 0) is 62.1 Å². The normalized spacial score (nSPS) is 28.1. The van der Waals surface area contributed by atoms with Crippen molar-refractivity contribution in [2.24, 2.45) is 11.8 Å². The molecule has 8 heteroatoms. The number of ether oxygens (including phenoxy) is 2. The van der Waals surface area contributed by atoms with E-state index >= 15 is 0 Å². The Hall–Kier alpha value is -2.90.